The van der Waals surface area contributed by atoms with E-state index in [2.05, 4.69) is 9.71 Å². The molecule has 0 bridgehead atoms. The third kappa shape index (κ3) is 4.05. The molecule has 1 aromatic heterocycles. The minimum atomic E-state index is -3.58. The number of methoxy groups -OCH3 is 1. The average Bonchev–Trinajstić information content (AvgIpc) is 3.13. The Labute approximate surface area is 124 Å². The lowest BCUT2D eigenvalue weighted by Crippen LogP contribution is -2.28. The molecule has 0 unspecified atom stereocenters. The van der Waals surface area contributed by atoms with E-state index in [0.717, 1.165) is 25.9 Å². The number of hydrogen-bond acceptors (Lipinski definition) is 4. The first-order valence-electron chi connectivity index (χ1n) is 7.01. The van der Waals surface area contributed by atoms with E-state index in [1.807, 2.05) is 0 Å². The van der Waals surface area contributed by atoms with Crippen LogP contribution in [0.3, 0.4) is 0 Å². The molecule has 0 atom stereocenters. The Morgan fingerprint density at radius 1 is 1.43 bits per heavy atom. The van der Waals surface area contributed by atoms with Crippen molar-refractivity contribution < 1.29 is 17.9 Å². The number of H-pyrrole nitrogens is 1. The summed E-state index contributed by atoms with van der Waals surface area (Å²) in [5.74, 6) is -0.145. The van der Waals surface area contributed by atoms with Gasteiger partial charge in [0.15, 0.2) is 0 Å². The van der Waals surface area contributed by atoms with Crippen LogP contribution in [-0.2, 0) is 14.8 Å². The number of rotatable bonds is 7. The highest BCUT2D eigenvalue weighted by Gasteiger charge is 2.23. The first-order chi connectivity index (χ1) is 10.0. The van der Waals surface area contributed by atoms with Gasteiger partial charge in [0.2, 0.25) is 10.0 Å². The molecule has 0 aliphatic carbocycles. The number of amides is 1. The van der Waals surface area contributed by atoms with Gasteiger partial charge in [0.1, 0.15) is 10.6 Å². The summed E-state index contributed by atoms with van der Waals surface area (Å²) < 4.78 is 31.5. The molecule has 2 N–H and O–H groups in total. The molecule has 2 heterocycles. The van der Waals surface area contributed by atoms with Crippen LogP contribution in [0.2, 0.25) is 0 Å². The molecule has 1 aliphatic heterocycles. The molecule has 21 heavy (non-hydrogen) atoms. The maximum Gasteiger partial charge on any atom is 0.270 e. The Kier molecular flexibility index (Phi) is 5.38. The average molecular weight is 315 g/mol. The second kappa shape index (κ2) is 7.06. The minimum absolute atomic E-state index is 0.0856. The molecule has 0 radical (unpaired) electrons. The smallest absolute Gasteiger partial charge is 0.270 e. The Morgan fingerprint density at radius 3 is 2.81 bits per heavy atom. The van der Waals surface area contributed by atoms with E-state index in [-0.39, 0.29) is 10.8 Å². The molecule has 1 saturated heterocycles. The van der Waals surface area contributed by atoms with Crippen LogP contribution in [0.25, 0.3) is 0 Å². The van der Waals surface area contributed by atoms with Crippen molar-refractivity contribution in [3.63, 3.8) is 0 Å². The number of ether oxygens (including phenoxy) is 1. The van der Waals surface area contributed by atoms with E-state index in [1.54, 1.807) is 12.0 Å². The quantitative estimate of drug-likeness (QED) is 0.720. The van der Waals surface area contributed by atoms with Gasteiger partial charge in [-0.25, -0.2) is 13.1 Å². The zero-order valence-electron chi connectivity index (χ0n) is 12.1. The highest BCUT2D eigenvalue weighted by Crippen LogP contribution is 2.15. The topological polar surface area (TPSA) is 91.5 Å². The van der Waals surface area contributed by atoms with Crippen molar-refractivity contribution in [2.75, 3.05) is 33.4 Å². The minimum Gasteiger partial charge on any atom is -0.385 e. The summed E-state index contributed by atoms with van der Waals surface area (Å²) in [6, 6.07) is 1.39. The van der Waals surface area contributed by atoms with Crippen LogP contribution >= 0.6 is 0 Å². The highest BCUT2D eigenvalue weighted by atomic mass is 32.2. The normalized spacial score (nSPS) is 15.6. The van der Waals surface area contributed by atoms with Crippen molar-refractivity contribution in [1.29, 1.82) is 0 Å². The number of carbonyl (C=O) groups is 1. The van der Waals surface area contributed by atoms with Crippen LogP contribution in [0.1, 0.15) is 29.8 Å². The van der Waals surface area contributed by atoms with E-state index in [4.69, 9.17) is 4.74 Å². The van der Waals surface area contributed by atoms with Crippen LogP contribution in [0.15, 0.2) is 17.2 Å². The van der Waals surface area contributed by atoms with E-state index < -0.39 is 10.0 Å². The maximum atomic E-state index is 12.1. The van der Waals surface area contributed by atoms with Crippen LogP contribution in [-0.4, -0.2) is 57.6 Å². The van der Waals surface area contributed by atoms with E-state index in [1.165, 1.54) is 12.3 Å². The summed E-state index contributed by atoms with van der Waals surface area (Å²) in [6.45, 7) is 2.26. The predicted octanol–water partition coefficient (Wildman–Crippen LogP) is 0.566. The lowest BCUT2D eigenvalue weighted by atomic mass is 10.4. The SMILES string of the molecule is COCCCNS(=O)(=O)c1c[nH]c(C(=O)N2CCCC2)c1. The Bertz CT molecular complexity index is 576. The second-order valence-electron chi connectivity index (χ2n) is 4.99. The molecule has 7 nitrogen and oxygen atoms in total. The Morgan fingerprint density at radius 2 is 2.14 bits per heavy atom. The number of aromatic nitrogens is 1. The number of sulfonamides is 1. The molecule has 8 heteroatoms. The molecule has 0 saturated carbocycles. The molecular weight excluding hydrogens is 294 g/mol. The van der Waals surface area contributed by atoms with Crippen molar-refractivity contribution in [2.45, 2.75) is 24.2 Å². The largest absolute Gasteiger partial charge is 0.385 e. The van der Waals surface area contributed by atoms with Crippen molar-refractivity contribution >= 4 is 15.9 Å². The van der Waals surface area contributed by atoms with Gasteiger partial charge >= 0.3 is 0 Å². The molecule has 2 rings (SSSR count). The summed E-state index contributed by atoms with van der Waals surface area (Å²) in [6.07, 6.45) is 3.94. The lowest BCUT2D eigenvalue weighted by Gasteiger charge is -2.13. The number of aromatic amines is 1. The zero-order chi connectivity index (χ0) is 15.3. The van der Waals surface area contributed by atoms with Gasteiger partial charge in [-0.2, -0.15) is 0 Å². The molecule has 1 amide bonds. The molecule has 118 valence electrons. The van der Waals surface area contributed by atoms with Gasteiger partial charge in [-0.15, -0.1) is 0 Å². The van der Waals surface area contributed by atoms with Crippen LogP contribution < -0.4 is 4.72 Å². The molecular formula is C13H21N3O4S. The molecule has 0 aromatic carbocycles. The van der Waals surface area contributed by atoms with Crippen molar-refractivity contribution in [3.8, 4) is 0 Å². The van der Waals surface area contributed by atoms with Gasteiger partial charge in [-0.3, -0.25) is 4.79 Å². The molecule has 1 aromatic rings. The Hall–Kier alpha value is -1.38. The van der Waals surface area contributed by atoms with Gasteiger partial charge in [0, 0.05) is 39.5 Å². The third-order valence-corrected chi connectivity index (χ3v) is 4.85. The summed E-state index contributed by atoms with van der Waals surface area (Å²) in [5, 5.41) is 0. The fourth-order valence-electron chi connectivity index (χ4n) is 2.25. The first-order valence-corrected chi connectivity index (χ1v) is 8.49. The maximum absolute atomic E-state index is 12.1. The fourth-order valence-corrected chi connectivity index (χ4v) is 3.32. The Balaban J connectivity index is 1.99. The lowest BCUT2D eigenvalue weighted by molar-refractivity contribution is 0.0787. The van der Waals surface area contributed by atoms with E-state index >= 15 is 0 Å². The number of carbonyl (C=O) groups excluding carboxylic acids is 1. The van der Waals surface area contributed by atoms with Gasteiger partial charge in [0.05, 0.1) is 0 Å². The molecule has 1 fully saturated rings. The van der Waals surface area contributed by atoms with Crippen LogP contribution in [0.5, 0.6) is 0 Å². The number of likely N-dealkylation sites (tertiary alicyclic amines) is 1. The summed E-state index contributed by atoms with van der Waals surface area (Å²) >= 11 is 0. The van der Waals surface area contributed by atoms with Gasteiger partial charge in [0.25, 0.3) is 5.91 Å². The highest BCUT2D eigenvalue weighted by molar-refractivity contribution is 7.89. The van der Waals surface area contributed by atoms with Crippen molar-refractivity contribution in [2.24, 2.45) is 0 Å². The monoisotopic (exact) mass is 315 g/mol. The standard InChI is InChI=1S/C13H21N3O4S/c1-20-8-4-5-15-21(18,19)11-9-12(14-10-11)13(17)16-6-2-3-7-16/h9-10,14-15H,2-8H2,1H3. The molecule has 0 spiro atoms. The summed E-state index contributed by atoms with van der Waals surface area (Å²) in [4.78, 5) is 16.7. The van der Waals surface area contributed by atoms with E-state index in [0.29, 0.717) is 25.3 Å². The van der Waals surface area contributed by atoms with E-state index in [9.17, 15) is 13.2 Å². The van der Waals surface area contributed by atoms with Gasteiger partial charge < -0.3 is 14.6 Å². The first kappa shape index (κ1) is 16.0. The number of nitrogens with one attached hydrogen (secondary N) is 2. The van der Waals surface area contributed by atoms with Crippen LogP contribution in [0, 0.1) is 0 Å². The van der Waals surface area contributed by atoms with Gasteiger partial charge in [-0.05, 0) is 25.3 Å². The number of nitrogens with zero attached hydrogens (tertiary/aromatic N) is 1. The molecule has 1 aliphatic rings. The van der Waals surface area contributed by atoms with Crippen LogP contribution in [0.4, 0.5) is 0 Å². The fraction of sp³-hybridized carbons (Fsp3) is 0.615. The summed E-state index contributed by atoms with van der Waals surface area (Å²) in [7, 11) is -2.02. The van der Waals surface area contributed by atoms with Crippen molar-refractivity contribution in [3.05, 3.63) is 18.0 Å². The second-order valence-corrected chi connectivity index (χ2v) is 6.76. The number of hydrogen-bond donors (Lipinski definition) is 2. The zero-order valence-corrected chi connectivity index (χ0v) is 12.9. The van der Waals surface area contributed by atoms with Gasteiger partial charge in [-0.1, -0.05) is 0 Å². The summed E-state index contributed by atoms with van der Waals surface area (Å²) in [5.41, 5.74) is 0.314. The van der Waals surface area contributed by atoms with Crippen molar-refractivity contribution in [1.82, 2.24) is 14.6 Å². The third-order valence-electron chi connectivity index (χ3n) is 3.41. The predicted molar refractivity (Wildman–Crippen MR) is 77.6 cm³/mol.